The van der Waals surface area contributed by atoms with E-state index in [1.54, 1.807) is 97.1 Å². The van der Waals surface area contributed by atoms with E-state index in [9.17, 15) is 19.2 Å². The Kier molecular flexibility index (Phi) is 10.1. The third kappa shape index (κ3) is 9.20. The fourth-order valence-corrected chi connectivity index (χ4v) is 4.25. The summed E-state index contributed by atoms with van der Waals surface area (Å²) in [6, 6.07) is 26.7. The maximum atomic E-state index is 12.6. The van der Waals surface area contributed by atoms with Crippen LogP contribution < -0.4 is 21.3 Å². The van der Waals surface area contributed by atoms with Crippen LogP contribution in [0.3, 0.4) is 0 Å². The van der Waals surface area contributed by atoms with E-state index in [1.807, 2.05) is 0 Å². The van der Waals surface area contributed by atoms with Crippen molar-refractivity contribution in [2.24, 2.45) is 0 Å². The van der Waals surface area contributed by atoms with E-state index in [0.717, 1.165) is 0 Å². The highest BCUT2D eigenvalue weighted by Crippen LogP contribution is 2.19. The Bertz CT molecular complexity index is 1470. The molecule has 4 aromatic carbocycles. The summed E-state index contributed by atoms with van der Waals surface area (Å²) in [5.74, 6) is -1.26. The largest absolute Gasteiger partial charge is 0.326 e. The van der Waals surface area contributed by atoms with Gasteiger partial charge in [-0.2, -0.15) is 0 Å². The number of hydrogen-bond donors (Lipinski definition) is 4. The number of hydrogen-bond acceptors (Lipinski definition) is 4. The van der Waals surface area contributed by atoms with Gasteiger partial charge in [0.25, 0.3) is 11.8 Å². The Morgan fingerprint density at radius 1 is 0.488 bits per heavy atom. The van der Waals surface area contributed by atoms with Gasteiger partial charge in [0, 0.05) is 56.8 Å². The van der Waals surface area contributed by atoms with Gasteiger partial charge in [0.15, 0.2) is 0 Å². The average Bonchev–Trinajstić information content (AvgIpc) is 2.93. The zero-order chi connectivity index (χ0) is 29.2. The van der Waals surface area contributed by atoms with Gasteiger partial charge in [-0.25, -0.2) is 0 Å². The molecule has 0 aromatic heterocycles. The molecule has 4 aromatic rings. The van der Waals surface area contributed by atoms with Crippen molar-refractivity contribution in [2.45, 2.75) is 19.3 Å². The number of nitrogens with one attached hydrogen (secondary N) is 4. The predicted octanol–water partition coefficient (Wildman–Crippen LogP) is 7.25. The number of amides is 4. The molecule has 4 N–H and O–H groups in total. The van der Waals surface area contributed by atoms with Crippen molar-refractivity contribution < 1.29 is 19.2 Å². The maximum absolute atomic E-state index is 12.6. The quantitative estimate of drug-likeness (QED) is 0.156. The van der Waals surface area contributed by atoms with Crippen LogP contribution in [0.4, 0.5) is 22.7 Å². The standard InChI is InChI=1S/C31H26Cl2N4O4/c32-22-8-3-12-26(18-22)36-30(40)20-6-1-10-24(16-20)34-28(38)14-5-15-29(39)35-25-11-2-7-21(17-25)31(41)37-27-13-4-9-23(33)19-27/h1-4,6-13,16-19H,5,14-15H2,(H,34,38)(H,35,39)(H,36,40)(H,37,41). The van der Waals surface area contributed by atoms with Gasteiger partial charge in [0.2, 0.25) is 11.8 Å². The van der Waals surface area contributed by atoms with Crippen LogP contribution in [-0.4, -0.2) is 23.6 Å². The van der Waals surface area contributed by atoms with E-state index in [2.05, 4.69) is 21.3 Å². The summed E-state index contributed by atoms with van der Waals surface area (Å²) in [6.07, 6.45) is 0.518. The van der Waals surface area contributed by atoms with Gasteiger partial charge >= 0.3 is 0 Å². The Morgan fingerprint density at radius 2 is 0.854 bits per heavy atom. The van der Waals surface area contributed by atoms with Crippen LogP contribution in [0.15, 0.2) is 97.1 Å². The fraction of sp³-hybridized carbons (Fsp3) is 0.0968. The van der Waals surface area contributed by atoms with E-state index in [1.165, 1.54) is 0 Å². The smallest absolute Gasteiger partial charge is 0.255 e. The summed E-state index contributed by atoms with van der Waals surface area (Å²) < 4.78 is 0. The SMILES string of the molecule is O=C(CCCC(=O)Nc1cccc(C(=O)Nc2cccc(Cl)c2)c1)Nc1cccc(C(=O)Nc2cccc(Cl)c2)c1. The summed E-state index contributed by atoms with van der Waals surface area (Å²) in [5, 5.41) is 12.0. The van der Waals surface area contributed by atoms with E-state index in [4.69, 9.17) is 23.2 Å². The van der Waals surface area contributed by atoms with Crippen molar-refractivity contribution in [3.63, 3.8) is 0 Å². The molecule has 0 saturated carbocycles. The lowest BCUT2D eigenvalue weighted by Crippen LogP contribution is -2.16. The lowest BCUT2D eigenvalue weighted by atomic mass is 10.1. The summed E-state index contributed by atoms with van der Waals surface area (Å²) >= 11 is 11.9. The molecule has 0 aliphatic carbocycles. The molecule has 4 amide bonds. The van der Waals surface area contributed by atoms with Crippen molar-refractivity contribution in [1.29, 1.82) is 0 Å². The molecule has 0 aliphatic rings. The maximum Gasteiger partial charge on any atom is 0.255 e. The number of halogens is 2. The summed E-state index contributed by atoms with van der Waals surface area (Å²) in [7, 11) is 0. The van der Waals surface area contributed by atoms with E-state index >= 15 is 0 Å². The van der Waals surface area contributed by atoms with Crippen molar-refractivity contribution in [3.05, 3.63) is 118 Å². The zero-order valence-electron chi connectivity index (χ0n) is 21.7. The highest BCUT2D eigenvalue weighted by atomic mass is 35.5. The monoisotopic (exact) mass is 588 g/mol. The second-order valence-corrected chi connectivity index (χ2v) is 9.91. The topological polar surface area (TPSA) is 116 Å². The highest BCUT2D eigenvalue weighted by Gasteiger charge is 2.12. The second kappa shape index (κ2) is 14.1. The van der Waals surface area contributed by atoms with Crippen LogP contribution in [0.2, 0.25) is 10.0 Å². The normalized spacial score (nSPS) is 10.4. The Balaban J connectivity index is 1.23. The van der Waals surface area contributed by atoms with E-state index < -0.39 is 0 Å². The van der Waals surface area contributed by atoms with Crippen molar-refractivity contribution in [1.82, 2.24) is 0 Å². The molecule has 0 aliphatic heterocycles. The Morgan fingerprint density at radius 3 is 1.24 bits per heavy atom. The van der Waals surface area contributed by atoms with Crippen molar-refractivity contribution >= 4 is 69.6 Å². The number of anilines is 4. The predicted molar refractivity (Wildman–Crippen MR) is 163 cm³/mol. The van der Waals surface area contributed by atoms with Crippen LogP contribution in [0.25, 0.3) is 0 Å². The molecule has 4 rings (SSSR count). The third-order valence-corrected chi connectivity index (χ3v) is 6.26. The third-order valence-electron chi connectivity index (χ3n) is 5.79. The van der Waals surface area contributed by atoms with Gasteiger partial charge < -0.3 is 21.3 Å². The Hall–Kier alpha value is -4.66. The molecule has 0 radical (unpaired) electrons. The van der Waals surface area contributed by atoms with Gasteiger partial charge in [0.1, 0.15) is 0 Å². The molecule has 0 heterocycles. The van der Waals surface area contributed by atoms with Gasteiger partial charge in [0.05, 0.1) is 0 Å². The average molecular weight is 589 g/mol. The van der Waals surface area contributed by atoms with Crippen molar-refractivity contribution in [2.75, 3.05) is 21.3 Å². The van der Waals surface area contributed by atoms with Crippen LogP contribution in [0.1, 0.15) is 40.0 Å². The van der Waals surface area contributed by atoms with Gasteiger partial charge in [-0.3, -0.25) is 19.2 Å². The Labute approximate surface area is 247 Å². The molecule has 0 fully saturated rings. The molecule has 0 atom stereocenters. The second-order valence-electron chi connectivity index (χ2n) is 9.04. The number of rotatable bonds is 10. The van der Waals surface area contributed by atoms with E-state index in [-0.39, 0.29) is 36.5 Å². The molecule has 8 nitrogen and oxygen atoms in total. The molecule has 208 valence electrons. The molecular formula is C31H26Cl2N4O4. The molecule has 41 heavy (non-hydrogen) atoms. The minimum absolute atomic E-state index is 0.106. The number of carbonyl (C=O) groups is 4. The van der Waals surface area contributed by atoms with Gasteiger partial charge in [-0.1, -0.05) is 47.5 Å². The highest BCUT2D eigenvalue weighted by molar-refractivity contribution is 6.31. The molecule has 10 heteroatoms. The van der Waals surface area contributed by atoms with Crippen LogP contribution in [-0.2, 0) is 9.59 Å². The summed E-state index contributed by atoms with van der Waals surface area (Å²) in [5.41, 5.74) is 2.78. The number of carbonyl (C=O) groups excluding carboxylic acids is 4. The van der Waals surface area contributed by atoms with Crippen LogP contribution in [0, 0.1) is 0 Å². The number of benzene rings is 4. The lowest BCUT2D eigenvalue weighted by molar-refractivity contribution is -0.117. The first kappa shape index (κ1) is 29.3. The van der Waals surface area contributed by atoms with Crippen molar-refractivity contribution in [3.8, 4) is 0 Å². The molecule has 0 unspecified atom stereocenters. The first-order chi connectivity index (χ1) is 19.7. The minimum atomic E-state index is -0.342. The van der Waals surface area contributed by atoms with Crippen LogP contribution in [0.5, 0.6) is 0 Å². The summed E-state index contributed by atoms with van der Waals surface area (Å²) in [4.78, 5) is 50.0. The minimum Gasteiger partial charge on any atom is -0.326 e. The molecule has 0 saturated heterocycles. The zero-order valence-corrected chi connectivity index (χ0v) is 23.3. The van der Waals surface area contributed by atoms with Crippen LogP contribution >= 0.6 is 23.2 Å². The molecule has 0 spiro atoms. The summed E-state index contributed by atoms with van der Waals surface area (Å²) in [6.45, 7) is 0. The van der Waals surface area contributed by atoms with Gasteiger partial charge in [-0.05, 0) is 79.2 Å². The molecule has 0 bridgehead atoms. The first-order valence-corrected chi connectivity index (χ1v) is 13.4. The van der Waals surface area contributed by atoms with E-state index in [0.29, 0.717) is 50.3 Å². The lowest BCUT2D eigenvalue weighted by Gasteiger charge is -2.10. The molecular weight excluding hydrogens is 563 g/mol. The van der Waals surface area contributed by atoms with Gasteiger partial charge in [-0.15, -0.1) is 0 Å². The fourth-order valence-electron chi connectivity index (χ4n) is 3.87. The first-order valence-electron chi connectivity index (χ1n) is 12.7.